The molecule has 0 aliphatic rings. The van der Waals surface area contributed by atoms with Gasteiger partial charge in [-0.3, -0.25) is 4.79 Å². The molecule has 0 radical (unpaired) electrons. The summed E-state index contributed by atoms with van der Waals surface area (Å²) in [5, 5.41) is 19.7. The number of ether oxygens (including phenoxy) is 1. The minimum absolute atomic E-state index is 0.105. The normalized spacial score (nSPS) is 10.4. The number of hydrogen-bond acceptors (Lipinski definition) is 4. The van der Waals surface area contributed by atoms with Crippen LogP contribution < -0.4 is 4.74 Å². The molecule has 1 aromatic carbocycles. The largest absolute Gasteiger partial charge is 0.507 e. The summed E-state index contributed by atoms with van der Waals surface area (Å²) in [5.41, 5.74) is 0.554. The Labute approximate surface area is 107 Å². The van der Waals surface area contributed by atoms with Crippen molar-refractivity contribution < 1.29 is 19.7 Å². The predicted octanol–water partition coefficient (Wildman–Crippen LogP) is 3.18. The van der Waals surface area contributed by atoms with Gasteiger partial charge in [0.2, 0.25) is 0 Å². The third-order valence-electron chi connectivity index (χ3n) is 2.98. The number of aromatic hydroxyl groups is 2. The molecule has 4 nitrogen and oxygen atoms in total. The number of ketones is 1. The second-order valence-corrected chi connectivity index (χ2v) is 4.33. The molecule has 0 aliphatic carbocycles. The molecule has 18 heavy (non-hydrogen) atoms. The van der Waals surface area contributed by atoms with E-state index in [9.17, 15) is 15.0 Å². The van der Waals surface area contributed by atoms with Crippen molar-refractivity contribution in [2.45, 2.75) is 39.5 Å². The first-order chi connectivity index (χ1) is 8.52. The summed E-state index contributed by atoms with van der Waals surface area (Å²) in [6, 6.07) is 1.27. The van der Waals surface area contributed by atoms with Gasteiger partial charge in [0, 0.05) is 12.0 Å². The molecule has 0 aliphatic heterocycles. The fourth-order valence-electron chi connectivity index (χ4n) is 1.91. The second-order valence-electron chi connectivity index (χ2n) is 4.33. The van der Waals surface area contributed by atoms with Crippen molar-refractivity contribution in [3.63, 3.8) is 0 Å². The smallest absolute Gasteiger partial charge is 0.167 e. The summed E-state index contributed by atoms with van der Waals surface area (Å²) < 4.78 is 4.97. The van der Waals surface area contributed by atoms with Gasteiger partial charge in [-0.05, 0) is 19.4 Å². The van der Waals surface area contributed by atoms with Crippen LogP contribution in [0.5, 0.6) is 17.2 Å². The van der Waals surface area contributed by atoms with Gasteiger partial charge < -0.3 is 14.9 Å². The Morgan fingerprint density at radius 2 is 2.00 bits per heavy atom. The highest BCUT2D eigenvalue weighted by molar-refractivity contribution is 5.99. The minimum Gasteiger partial charge on any atom is -0.507 e. The van der Waals surface area contributed by atoms with Crippen LogP contribution in [0.25, 0.3) is 0 Å². The molecule has 0 unspecified atom stereocenters. The molecule has 4 heteroatoms. The van der Waals surface area contributed by atoms with Crippen molar-refractivity contribution >= 4 is 5.78 Å². The molecule has 0 aromatic heterocycles. The molecular weight excluding hydrogens is 232 g/mol. The van der Waals surface area contributed by atoms with E-state index in [0.717, 1.165) is 19.3 Å². The number of unbranched alkanes of at least 4 members (excludes halogenated alkanes) is 2. The molecule has 0 amide bonds. The Morgan fingerprint density at radius 1 is 1.33 bits per heavy atom. The molecule has 0 heterocycles. The highest BCUT2D eigenvalue weighted by atomic mass is 16.5. The van der Waals surface area contributed by atoms with Gasteiger partial charge >= 0.3 is 0 Å². The average molecular weight is 252 g/mol. The van der Waals surface area contributed by atoms with Crippen LogP contribution in [-0.2, 0) is 0 Å². The van der Waals surface area contributed by atoms with Gasteiger partial charge in [-0.1, -0.05) is 19.8 Å². The number of carbonyl (C=O) groups is 1. The van der Waals surface area contributed by atoms with Crippen LogP contribution in [0.15, 0.2) is 6.07 Å². The monoisotopic (exact) mass is 252 g/mol. The molecule has 0 saturated carbocycles. The maximum atomic E-state index is 11.9. The van der Waals surface area contributed by atoms with Crippen molar-refractivity contribution in [3.8, 4) is 17.2 Å². The number of rotatable bonds is 6. The fourth-order valence-corrected chi connectivity index (χ4v) is 1.91. The summed E-state index contributed by atoms with van der Waals surface area (Å²) in [5.74, 6) is -0.169. The Morgan fingerprint density at radius 3 is 2.56 bits per heavy atom. The van der Waals surface area contributed by atoms with Gasteiger partial charge in [0.15, 0.2) is 17.3 Å². The summed E-state index contributed by atoms with van der Waals surface area (Å²) in [6.07, 6.45) is 3.19. The van der Waals surface area contributed by atoms with E-state index in [1.54, 1.807) is 6.92 Å². The zero-order valence-corrected chi connectivity index (χ0v) is 11.1. The molecule has 0 bridgehead atoms. The molecule has 1 aromatic rings. The number of benzene rings is 1. The maximum absolute atomic E-state index is 11.9. The van der Waals surface area contributed by atoms with Gasteiger partial charge in [-0.25, -0.2) is 0 Å². The molecule has 0 saturated heterocycles. The molecule has 0 fully saturated rings. The number of hydrogen-bond donors (Lipinski definition) is 2. The van der Waals surface area contributed by atoms with Crippen molar-refractivity contribution in [2.75, 3.05) is 7.11 Å². The lowest BCUT2D eigenvalue weighted by molar-refractivity contribution is 0.0976. The Balaban J connectivity index is 3.00. The van der Waals surface area contributed by atoms with E-state index in [1.165, 1.54) is 13.2 Å². The molecule has 100 valence electrons. The highest BCUT2D eigenvalue weighted by Gasteiger charge is 2.19. The third-order valence-corrected chi connectivity index (χ3v) is 2.98. The lowest BCUT2D eigenvalue weighted by Crippen LogP contribution is -2.02. The third kappa shape index (κ3) is 2.94. The first-order valence-electron chi connectivity index (χ1n) is 6.15. The van der Waals surface area contributed by atoms with E-state index < -0.39 is 0 Å². The van der Waals surface area contributed by atoms with E-state index in [2.05, 4.69) is 6.92 Å². The highest BCUT2D eigenvalue weighted by Crippen LogP contribution is 2.38. The predicted molar refractivity (Wildman–Crippen MR) is 69.5 cm³/mol. The van der Waals surface area contributed by atoms with E-state index in [-0.39, 0.29) is 28.6 Å². The van der Waals surface area contributed by atoms with Crippen LogP contribution in [-0.4, -0.2) is 23.1 Å². The number of carbonyl (C=O) groups excluding carboxylic acids is 1. The van der Waals surface area contributed by atoms with E-state index in [1.807, 2.05) is 0 Å². The second kappa shape index (κ2) is 6.28. The molecule has 0 atom stereocenters. The van der Waals surface area contributed by atoms with Gasteiger partial charge in [-0.15, -0.1) is 0 Å². The lowest BCUT2D eigenvalue weighted by Gasteiger charge is -2.12. The minimum atomic E-state index is -0.151. The molecular formula is C14H20O4. The Hall–Kier alpha value is -1.71. The quantitative estimate of drug-likeness (QED) is 0.463. The van der Waals surface area contributed by atoms with Crippen LogP contribution in [0.3, 0.4) is 0 Å². The lowest BCUT2D eigenvalue weighted by atomic mass is 10.0. The van der Waals surface area contributed by atoms with Crippen molar-refractivity contribution in [1.29, 1.82) is 0 Å². The van der Waals surface area contributed by atoms with Crippen LogP contribution in [0.1, 0.15) is 48.5 Å². The van der Waals surface area contributed by atoms with Crippen LogP contribution in [0.4, 0.5) is 0 Å². The SMILES string of the molecule is CCCCCC(=O)c1cc(O)c(OC)c(C)c1O. The first kappa shape index (κ1) is 14.4. The van der Waals surface area contributed by atoms with Crippen molar-refractivity contribution in [3.05, 3.63) is 17.2 Å². The van der Waals surface area contributed by atoms with Crippen LogP contribution >= 0.6 is 0 Å². The van der Waals surface area contributed by atoms with Gasteiger partial charge in [0.25, 0.3) is 0 Å². The number of phenols is 2. The van der Waals surface area contributed by atoms with Gasteiger partial charge in [-0.2, -0.15) is 0 Å². The van der Waals surface area contributed by atoms with E-state index >= 15 is 0 Å². The number of methoxy groups -OCH3 is 1. The van der Waals surface area contributed by atoms with Crippen LogP contribution in [0, 0.1) is 6.92 Å². The summed E-state index contributed by atoms with van der Waals surface area (Å²) in [4.78, 5) is 11.9. The number of Topliss-reactive ketones (excluding diaryl/α,β-unsaturated/α-hetero) is 1. The van der Waals surface area contributed by atoms with Crippen LogP contribution in [0.2, 0.25) is 0 Å². The van der Waals surface area contributed by atoms with Gasteiger partial charge in [0.05, 0.1) is 12.7 Å². The van der Waals surface area contributed by atoms with E-state index in [4.69, 9.17) is 4.74 Å². The van der Waals surface area contributed by atoms with E-state index in [0.29, 0.717) is 12.0 Å². The van der Waals surface area contributed by atoms with Gasteiger partial charge in [0.1, 0.15) is 5.75 Å². The van der Waals surface area contributed by atoms with Crippen molar-refractivity contribution in [2.24, 2.45) is 0 Å². The van der Waals surface area contributed by atoms with Crippen molar-refractivity contribution in [1.82, 2.24) is 0 Å². The molecule has 2 N–H and O–H groups in total. The topological polar surface area (TPSA) is 66.8 Å². The zero-order chi connectivity index (χ0) is 13.7. The Bertz CT molecular complexity index is 438. The zero-order valence-electron chi connectivity index (χ0n) is 11.1. The summed E-state index contributed by atoms with van der Waals surface area (Å²) >= 11 is 0. The Kier molecular flexibility index (Phi) is 5.01. The standard InChI is InChI=1S/C14H20O4/c1-4-5-6-7-11(15)10-8-12(16)14(18-3)9(2)13(10)17/h8,16-17H,4-7H2,1-3H3. The number of phenolic OH excluding ortho intramolecular Hbond substituents is 2. The maximum Gasteiger partial charge on any atom is 0.167 e. The fraction of sp³-hybridized carbons (Fsp3) is 0.500. The molecule has 0 spiro atoms. The molecule has 1 rings (SSSR count). The summed E-state index contributed by atoms with van der Waals surface area (Å²) in [6.45, 7) is 3.67. The average Bonchev–Trinajstić information content (AvgIpc) is 2.34. The first-order valence-corrected chi connectivity index (χ1v) is 6.15. The summed E-state index contributed by atoms with van der Waals surface area (Å²) in [7, 11) is 1.41.